The third kappa shape index (κ3) is 3.00. The average Bonchev–Trinajstić information content (AvgIpc) is 2.34. The molecule has 3 rings (SSSR count). The maximum Gasteiger partial charge on any atom is 0.295 e. The molecule has 1 N–H and O–H groups in total. The second kappa shape index (κ2) is 6.10. The number of aryl methyl sites for hydroxylation is 1. The standard InChI is InChI=1S/C15H12O3S.Cs/c1-10-6-7-13-8-11-4-2-3-5-12(11)9-14(13)15(10)19(16,17)18;/h2-9H,1H3,(H,16,17,18);. The summed E-state index contributed by atoms with van der Waals surface area (Å²) in [5.74, 6) is 0. The van der Waals surface area contributed by atoms with E-state index in [4.69, 9.17) is 0 Å². The van der Waals surface area contributed by atoms with Crippen LogP contribution in [-0.4, -0.2) is 81.9 Å². The second-order valence-corrected chi connectivity index (χ2v) is 5.97. The second-order valence-electron chi connectivity index (χ2n) is 4.61. The fourth-order valence-electron chi connectivity index (χ4n) is 2.44. The van der Waals surface area contributed by atoms with Crippen LogP contribution in [0, 0.1) is 6.92 Å². The van der Waals surface area contributed by atoms with Crippen LogP contribution in [0.4, 0.5) is 0 Å². The van der Waals surface area contributed by atoms with Crippen LogP contribution in [0.5, 0.6) is 0 Å². The van der Waals surface area contributed by atoms with E-state index in [1.807, 2.05) is 36.4 Å². The van der Waals surface area contributed by atoms with Gasteiger partial charge in [-0.3, -0.25) is 4.55 Å². The molecule has 0 amide bonds. The van der Waals surface area contributed by atoms with E-state index in [0.717, 1.165) is 16.2 Å². The summed E-state index contributed by atoms with van der Waals surface area (Å²) in [5, 5.41) is 3.35. The maximum atomic E-state index is 11.6. The van der Waals surface area contributed by atoms with Crippen LogP contribution in [0.1, 0.15) is 5.56 Å². The summed E-state index contributed by atoms with van der Waals surface area (Å²) >= 11 is 0. The van der Waals surface area contributed by atoms with Gasteiger partial charge in [0.15, 0.2) is 0 Å². The summed E-state index contributed by atoms with van der Waals surface area (Å²) in [4.78, 5) is -0.00393. The predicted molar refractivity (Wildman–Crippen MR) is 81.8 cm³/mol. The van der Waals surface area contributed by atoms with E-state index in [2.05, 4.69) is 0 Å². The van der Waals surface area contributed by atoms with Gasteiger partial charge in [0.25, 0.3) is 10.1 Å². The largest absolute Gasteiger partial charge is 0.295 e. The van der Waals surface area contributed by atoms with Crippen LogP contribution in [0.2, 0.25) is 0 Å². The van der Waals surface area contributed by atoms with Gasteiger partial charge in [-0.2, -0.15) is 8.42 Å². The minimum Gasteiger partial charge on any atom is -0.282 e. The van der Waals surface area contributed by atoms with E-state index in [9.17, 15) is 13.0 Å². The van der Waals surface area contributed by atoms with Gasteiger partial charge in [-0.25, -0.2) is 0 Å². The van der Waals surface area contributed by atoms with Crippen LogP contribution >= 0.6 is 0 Å². The molecule has 20 heavy (non-hydrogen) atoms. The van der Waals surface area contributed by atoms with Crippen LogP contribution in [0.25, 0.3) is 21.5 Å². The maximum absolute atomic E-state index is 11.6. The zero-order valence-electron chi connectivity index (χ0n) is 11.3. The van der Waals surface area contributed by atoms with E-state index in [0.29, 0.717) is 10.9 Å². The molecule has 0 saturated heterocycles. The number of fused-ring (bicyclic) bond motifs is 2. The molecule has 0 spiro atoms. The summed E-state index contributed by atoms with van der Waals surface area (Å²) in [6, 6.07) is 15.0. The van der Waals surface area contributed by atoms with Crippen LogP contribution in [0.3, 0.4) is 0 Å². The quantitative estimate of drug-likeness (QED) is 0.500. The minimum atomic E-state index is -4.23. The van der Waals surface area contributed by atoms with Crippen molar-refractivity contribution in [3.05, 3.63) is 54.1 Å². The molecule has 0 aliphatic heterocycles. The van der Waals surface area contributed by atoms with Crippen molar-refractivity contribution in [2.45, 2.75) is 11.8 Å². The monoisotopic (exact) mass is 405 g/mol. The molecule has 3 nitrogen and oxygen atoms in total. The average molecular weight is 405 g/mol. The summed E-state index contributed by atoms with van der Waals surface area (Å²) in [6.07, 6.45) is 0. The normalized spacial score (nSPS) is 11.5. The van der Waals surface area contributed by atoms with Crippen molar-refractivity contribution in [1.29, 1.82) is 0 Å². The van der Waals surface area contributed by atoms with E-state index >= 15 is 0 Å². The van der Waals surface area contributed by atoms with Gasteiger partial charge in [0.1, 0.15) is 4.90 Å². The minimum absolute atomic E-state index is 0. The SMILES string of the molecule is Cc1ccc2cc3ccccc3cc2c1S(=O)(=O)O.[Cs]. The van der Waals surface area contributed by atoms with E-state index in [-0.39, 0.29) is 73.8 Å². The number of rotatable bonds is 1. The number of hydrogen-bond acceptors (Lipinski definition) is 2. The predicted octanol–water partition coefficient (Wildman–Crippen LogP) is 3.17. The van der Waals surface area contributed by atoms with Crippen molar-refractivity contribution >= 4 is 101 Å². The molecule has 0 aliphatic carbocycles. The topological polar surface area (TPSA) is 54.4 Å². The van der Waals surface area contributed by atoms with Crippen molar-refractivity contribution in [3.63, 3.8) is 0 Å². The zero-order valence-corrected chi connectivity index (χ0v) is 18.4. The zero-order chi connectivity index (χ0) is 13.6. The van der Waals surface area contributed by atoms with Gasteiger partial charge in [-0.05, 0) is 40.8 Å². The van der Waals surface area contributed by atoms with Crippen molar-refractivity contribution in [3.8, 4) is 0 Å². The third-order valence-corrected chi connectivity index (χ3v) is 4.35. The third-order valence-electron chi connectivity index (χ3n) is 3.29. The molecule has 3 aromatic rings. The molecular formula is C15H12CsO3S. The Morgan fingerprint density at radius 2 is 1.50 bits per heavy atom. The van der Waals surface area contributed by atoms with Crippen molar-refractivity contribution < 1.29 is 13.0 Å². The van der Waals surface area contributed by atoms with Crippen molar-refractivity contribution in [1.82, 2.24) is 0 Å². The molecule has 0 fully saturated rings. The van der Waals surface area contributed by atoms with Crippen molar-refractivity contribution in [2.75, 3.05) is 0 Å². The Morgan fingerprint density at radius 1 is 0.900 bits per heavy atom. The fourth-order valence-corrected chi connectivity index (χ4v) is 3.37. The first-order valence-corrected chi connectivity index (χ1v) is 7.30. The smallest absolute Gasteiger partial charge is 0.282 e. The van der Waals surface area contributed by atoms with Gasteiger partial charge < -0.3 is 0 Å². The van der Waals surface area contributed by atoms with Crippen molar-refractivity contribution in [2.24, 2.45) is 0 Å². The number of benzene rings is 3. The Morgan fingerprint density at radius 3 is 2.10 bits per heavy atom. The molecule has 1 radical (unpaired) electrons. The Kier molecular flexibility index (Phi) is 5.03. The summed E-state index contributed by atoms with van der Waals surface area (Å²) in [5.41, 5.74) is 0.547. The van der Waals surface area contributed by atoms with Crippen LogP contribution in [0.15, 0.2) is 53.4 Å². The molecule has 0 saturated carbocycles. The van der Waals surface area contributed by atoms with E-state index in [1.54, 1.807) is 19.1 Å². The Balaban J connectivity index is 0.00000147. The van der Waals surface area contributed by atoms with Gasteiger partial charge in [-0.1, -0.05) is 36.4 Å². The molecule has 0 unspecified atom stereocenters. The number of hydrogen-bond donors (Lipinski definition) is 1. The molecule has 0 aliphatic rings. The Bertz CT molecular complexity index is 902. The van der Waals surface area contributed by atoms with E-state index < -0.39 is 10.1 Å². The van der Waals surface area contributed by atoms with E-state index in [1.165, 1.54) is 0 Å². The fraction of sp³-hybridized carbons (Fsp3) is 0.0667. The summed E-state index contributed by atoms with van der Waals surface area (Å²) in [6.45, 7) is 1.68. The van der Waals surface area contributed by atoms with Gasteiger partial charge in [0.2, 0.25) is 0 Å². The molecule has 0 bridgehead atoms. The molecule has 0 atom stereocenters. The van der Waals surface area contributed by atoms with Gasteiger partial charge in [0, 0.05) is 74.3 Å². The summed E-state index contributed by atoms with van der Waals surface area (Å²) in [7, 11) is -4.23. The first kappa shape index (κ1) is 16.5. The van der Waals surface area contributed by atoms with Gasteiger partial charge in [-0.15, -0.1) is 0 Å². The molecule has 3 aromatic carbocycles. The molecular weight excluding hydrogens is 393 g/mol. The van der Waals surface area contributed by atoms with Crippen LogP contribution < -0.4 is 0 Å². The molecule has 0 aromatic heterocycles. The van der Waals surface area contributed by atoms with Gasteiger partial charge >= 0.3 is 0 Å². The summed E-state index contributed by atoms with van der Waals surface area (Å²) < 4.78 is 32.5. The molecule has 97 valence electrons. The first-order valence-electron chi connectivity index (χ1n) is 5.86. The Hall–Kier alpha value is 0.142. The molecule has 0 heterocycles. The van der Waals surface area contributed by atoms with Gasteiger partial charge in [0.05, 0.1) is 0 Å². The van der Waals surface area contributed by atoms with Crippen LogP contribution in [-0.2, 0) is 10.1 Å². The first-order chi connectivity index (χ1) is 8.97. The Labute approximate surface area is 176 Å². The molecule has 5 heteroatoms.